The van der Waals surface area contributed by atoms with Crippen molar-refractivity contribution in [1.29, 1.82) is 0 Å². The first-order valence-electron chi connectivity index (χ1n) is 8.48. The number of carbonyl (C=O) groups is 1. The summed E-state index contributed by atoms with van der Waals surface area (Å²) >= 11 is 0. The molecule has 2 nitrogen and oxygen atoms in total. The van der Waals surface area contributed by atoms with E-state index in [1.54, 1.807) is 19.1 Å². The highest BCUT2D eigenvalue weighted by Gasteiger charge is 2.19. The Labute approximate surface area is 147 Å². The maximum Gasteiger partial charge on any atom is 0.155 e. The third-order valence-corrected chi connectivity index (χ3v) is 4.51. The van der Waals surface area contributed by atoms with E-state index in [0.717, 1.165) is 27.7 Å². The highest BCUT2D eigenvalue weighted by atomic mass is 19.1. The summed E-state index contributed by atoms with van der Waals surface area (Å²) in [6, 6.07) is 14.9. The zero-order valence-electron chi connectivity index (χ0n) is 15.0. The Bertz CT molecular complexity index is 962. The molecule has 0 saturated carbocycles. The van der Waals surface area contributed by atoms with Crippen molar-refractivity contribution in [1.82, 2.24) is 4.57 Å². The Hall–Kier alpha value is -2.68. The molecule has 0 amide bonds. The van der Waals surface area contributed by atoms with Crippen LogP contribution in [0, 0.1) is 5.82 Å². The molecule has 0 N–H and O–H groups in total. The third-order valence-electron chi connectivity index (χ3n) is 4.51. The number of Topliss-reactive ketones (excluding diaryl/α,β-unsaturated/α-hetero) is 1. The lowest BCUT2D eigenvalue weighted by Gasteiger charge is -2.14. The molecule has 3 heteroatoms. The Morgan fingerprint density at radius 3 is 2.28 bits per heavy atom. The largest absolute Gasteiger partial charge is 0.338 e. The van der Waals surface area contributed by atoms with Crippen molar-refractivity contribution in [3.05, 3.63) is 65.6 Å². The van der Waals surface area contributed by atoms with Gasteiger partial charge < -0.3 is 4.57 Å². The Balaban J connectivity index is 2.42. The number of aromatic nitrogens is 1. The molecule has 0 spiro atoms. The lowest BCUT2D eigenvalue weighted by Crippen LogP contribution is -2.04. The number of rotatable bonds is 4. The summed E-state index contributed by atoms with van der Waals surface area (Å²) in [5.74, 6) is -0.209. The molecular weight excluding hydrogens is 313 g/mol. The van der Waals surface area contributed by atoms with Crippen molar-refractivity contribution in [3.63, 3.8) is 0 Å². The summed E-state index contributed by atoms with van der Waals surface area (Å²) in [5, 5.41) is 1.10. The van der Waals surface area contributed by atoms with Gasteiger partial charge in [-0.25, -0.2) is 4.39 Å². The zero-order chi connectivity index (χ0) is 18.1. The summed E-state index contributed by atoms with van der Waals surface area (Å²) in [6.07, 6.45) is 1.95. The highest BCUT2D eigenvalue weighted by Crippen LogP contribution is 2.38. The van der Waals surface area contributed by atoms with Crippen LogP contribution in [0.2, 0.25) is 0 Å². The number of nitrogens with zero attached hydrogens (tertiary/aromatic N) is 1. The van der Waals surface area contributed by atoms with Crippen LogP contribution < -0.4 is 0 Å². The first kappa shape index (κ1) is 17.2. The number of allylic oxidation sites excluding steroid dienone is 1. The monoisotopic (exact) mass is 335 g/mol. The standard InChI is InChI=1S/C22H22FNO/c1-14(2)24-20-8-6-5-7-19(20)22(17-9-11-18(23)12-10-17)21(24)13-15(3)16(4)25/h5-14H,1-4H3. The molecule has 0 bridgehead atoms. The second-order valence-electron chi connectivity index (χ2n) is 6.63. The SMILES string of the molecule is CC(=O)C(C)=Cc1c(-c2ccc(F)cc2)c2ccccc2n1C(C)C. The van der Waals surface area contributed by atoms with Crippen molar-refractivity contribution in [2.24, 2.45) is 0 Å². The topological polar surface area (TPSA) is 22.0 Å². The molecule has 0 aliphatic heterocycles. The van der Waals surface area contributed by atoms with E-state index in [4.69, 9.17) is 0 Å². The van der Waals surface area contributed by atoms with Gasteiger partial charge in [0.05, 0.1) is 5.69 Å². The molecule has 1 aromatic heterocycles. The number of fused-ring (bicyclic) bond motifs is 1. The Kier molecular flexibility index (Phi) is 4.58. The Morgan fingerprint density at radius 1 is 1.04 bits per heavy atom. The van der Waals surface area contributed by atoms with Gasteiger partial charge in [-0.3, -0.25) is 4.79 Å². The number of benzene rings is 2. The maximum atomic E-state index is 13.4. The van der Waals surface area contributed by atoms with Gasteiger partial charge in [0.1, 0.15) is 5.82 Å². The van der Waals surface area contributed by atoms with Crippen LogP contribution in [0.5, 0.6) is 0 Å². The summed E-state index contributed by atoms with van der Waals surface area (Å²) in [4.78, 5) is 11.8. The summed E-state index contributed by atoms with van der Waals surface area (Å²) in [7, 11) is 0. The van der Waals surface area contributed by atoms with Crippen LogP contribution in [0.4, 0.5) is 4.39 Å². The molecule has 1 heterocycles. The van der Waals surface area contributed by atoms with E-state index in [1.165, 1.54) is 12.1 Å². The maximum absolute atomic E-state index is 13.4. The molecule has 0 aliphatic rings. The molecular formula is C22H22FNO. The molecule has 25 heavy (non-hydrogen) atoms. The molecule has 128 valence electrons. The minimum atomic E-state index is -0.256. The van der Waals surface area contributed by atoms with Gasteiger partial charge >= 0.3 is 0 Å². The van der Waals surface area contributed by atoms with Crippen LogP contribution in [-0.4, -0.2) is 10.4 Å². The number of para-hydroxylation sites is 1. The zero-order valence-corrected chi connectivity index (χ0v) is 15.0. The molecule has 0 atom stereocenters. The van der Waals surface area contributed by atoms with E-state index in [1.807, 2.05) is 25.1 Å². The van der Waals surface area contributed by atoms with Crippen LogP contribution in [-0.2, 0) is 4.79 Å². The molecule has 2 aromatic carbocycles. The van der Waals surface area contributed by atoms with Crippen LogP contribution >= 0.6 is 0 Å². The number of hydrogen-bond acceptors (Lipinski definition) is 1. The van der Waals surface area contributed by atoms with Crippen molar-refractivity contribution in [2.45, 2.75) is 33.7 Å². The van der Waals surface area contributed by atoms with Gasteiger partial charge in [-0.2, -0.15) is 0 Å². The first-order valence-corrected chi connectivity index (χ1v) is 8.48. The van der Waals surface area contributed by atoms with Gasteiger partial charge in [0.15, 0.2) is 5.78 Å². The van der Waals surface area contributed by atoms with Gasteiger partial charge in [0.2, 0.25) is 0 Å². The molecule has 0 fully saturated rings. The van der Waals surface area contributed by atoms with E-state index < -0.39 is 0 Å². The van der Waals surface area contributed by atoms with E-state index in [2.05, 4.69) is 30.5 Å². The van der Waals surface area contributed by atoms with Gasteiger partial charge in [0.25, 0.3) is 0 Å². The van der Waals surface area contributed by atoms with E-state index >= 15 is 0 Å². The minimum absolute atomic E-state index is 0.0469. The van der Waals surface area contributed by atoms with Gasteiger partial charge in [-0.15, -0.1) is 0 Å². The lowest BCUT2D eigenvalue weighted by atomic mass is 10.0. The molecule has 0 aliphatic carbocycles. The normalized spacial score (nSPS) is 12.2. The second kappa shape index (κ2) is 6.67. The van der Waals surface area contributed by atoms with Gasteiger partial charge in [0, 0.05) is 22.5 Å². The van der Waals surface area contributed by atoms with Gasteiger partial charge in [-0.1, -0.05) is 30.3 Å². The van der Waals surface area contributed by atoms with Crippen LogP contribution in [0.25, 0.3) is 28.1 Å². The highest BCUT2D eigenvalue weighted by molar-refractivity contribution is 6.04. The van der Waals surface area contributed by atoms with E-state index in [9.17, 15) is 9.18 Å². The average Bonchev–Trinajstić information content (AvgIpc) is 2.89. The van der Waals surface area contributed by atoms with Crippen molar-refractivity contribution >= 4 is 22.8 Å². The van der Waals surface area contributed by atoms with E-state index in [-0.39, 0.29) is 17.6 Å². The Morgan fingerprint density at radius 2 is 1.68 bits per heavy atom. The smallest absolute Gasteiger partial charge is 0.155 e. The van der Waals surface area contributed by atoms with Crippen molar-refractivity contribution in [3.8, 4) is 11.1 Å². The van der Waals surface area contributed by atoms with Crippen LogP contribution in [0.15, 0.2) is 54.1 Å². The lowest BCUT2D eigenvalue weighted by molar-refractivity contribution is -0.113. The number of halogens is 1. The molecule has 0 unspecified atom stereocenters. The molecule has 0 saturated heterocycles. The first-order chi connectivity index (χ1) is 11.9. The quantitative estimate of drug-likeness (QED) is 0.534. The third kappa shape index (κ3) is 3.14. The summed E-state index contributed by atoms with van der Waals surface area (Å²) in [5.41, 5.74) is 4.77. The minimum Gasteiger partial charge on any atom is -0.338 e. The van der Waals surface area contributed by atoms with Crippen molar-refractivity contribution < 1.29 is 9.18 Å². The predicted molar refractivity (Wildman–Crippen MR) is 102 cm³/mol. The van der Waals surface area contributed by atoms with Crippen LogP contribution in [0.1, 0.15) is 39.4 Å². The molecule has 0 radical (unpaired) electrons. The fourth-order valence-electron chi connectivity index (χ4n) is 3.21. The predicted octanol–water partition coefficient (Wildman–Crippen LogP) is 6.02. The number of carbonyl (C=O) groups excluding carboxylic acids is 1. The number of hydrogen-bond donors (Lipinski definition) is 0. The van der Waals surface area contributed by atoms with Gasteiger partial charge in [-0.05, 0) is 63.1 Å². The number of ketones is 1. The average molecular weight is 335 g/mol. The van der Waals surface area contributed by atoms with Crippen LogP contribution in [0.3, 0.4) is 0 Å². The molecule has 3 rings (SSSR count). The summed E-state index contributed by atoms with van der Waals surface area (Å²) < 4.78 is 15.6. The van der Waals surface area contributed by atoms with E-state index in [0.29, 0.717) is 5.57 Å². The molecule has 3 aromatic rings. The summed E-state index contributed by atoms with van der Waals surface area (Å²) in [6.45, 7) is 7.66. The second-order valence-corrected chi connectivity index (χ2v) is 6.63. The fourth-order valence-corrected chi connectivity index (χ4v) is 3.21. The fraction of sp³-hybridized carbons (Fsp3) is 0.227. The van der Waals surface area contributed by atoms with Crippen molar-refractivity contribution in [2.75, 3.05) is 0 Å².